The van der Waals surface area contributed by atoms with Gasteiger partial charge in [-0.1, -0.05) is 6.42 Å². The van der Waals surface area contributed by atoms with Gasteiger partial charge >= 0.3 is 0 Å². The topological polar surface area (TPSA) is 29.9 Å². The molecule has 1 aromatic heterocycles. The van der Waals surface area contributed by atoms with Gasteiger partial charge in [0.05, 0.1) is 5.69 Å². The summed E-state index contributed by atoms with van der Waals surface area (Å²) < 4.78 is 2.08. The van der Waals surface area contributed by atoms with Crippen molar-refractivity contribution < 1.29 is 0 Å². The van der Waals surface area contributed by atoms with Crippen LogP contribution in [0, 0.1) is 24.2 Å². The van der Waals surface area contributed by atoms with E-state index in [1.165, 1.54) is 44.3 Å². The van der Waals surface area contributed by atoms with Crippen molar-refractivity contribution in [3.8, 4) is 0 Å². The largest absolute Gasteiger partial charge is 0.319 e. The van der Waals surface area contributed by atoms with E-state index in [0.717, 1.165) is 17.5 Å². The summed E-state index contributed by atoms with van der Waals surface area (Å²) in [5.74, 6) is 1.93. The zero-order valence-corrected chi connectivity index (χ0v) is 11.9. The molecule has 3 rings (SSSR count). The molecule has 0 amide bonds. The molecule has 100 valence electrons. The van der Waals surface area contributed by atoms with Crippen molar-refractivity contribution in [3.63, 3.8) is 0 Å². The highest BCUT2D eigenvalue weighted by atomic mass is 15.3. The maximum absolute atomic E-state index is 4.50. The third-order valence-electron chi connectivity index (χ3n) is 5.26. The lowest BCUT2D eigenvalue weighted by Gasteiger charge is -2.38. The molecule has 1 heterocycles. The van der Waals surface area contributed by atoms with Crippen molar-refractivity contribution >= 4 is 0 Å². The van der Waals surface area contributed by atoms with Gasteiger partial charge in [0.25, 0.3) is 0 Å². The number of hydrogen-bond donors (Lipinski definition) is 1. The molecule has 2 aliphatic rings. The van der Waals surface area contributed by atoms with Crippen LogP contribution < -0.4 is 5.32 Å². The van der Waals surface area contributed by atoms with Crippen LogP contribution in [0.3, 0.4) is 0 Å². The minimum atomic E-state index is 0.498. The Kier molecular flexibility index (Phi) is 2.97. The molecule has 1 aromatic rings. The highest BCUT2D eigenvalue weighted by Gasteiger charge is 2.50. The second-order valence-electron chi connectivity index (χ2n) is 6.55. The SMILES string of the molecule is CNCC1(Cc2cc(C)nn2C)CC2CCC1C2. The average Bonchev–Trinajstić information content (AvgIpc) is 2.95. The minimum Gasteiger partial charge on any atom is -0.319 e. The molecule has 0 spiro atoms. The fraction of sp³-hybridized carbons (Fsp3) is 0.800. The maximum atomic E-state index is 4.50. The molecule has 3 atom stereocenters. The smallest absolute Gasteiger partial charge is 0.0596 e. The Morgan fingerprint density at radius 3 is 2.83 bits per heavy atom. The Hall–Kier alpha value is -0.830. The van der Waals surface area contributed by atoms with Gasteiger partial charge in [0.15, 0.2) is 0 Å². The lowest BCUT2D eigenvalue weighted by Crippen LogP contribution is -2.39. The number of fused-ring (bicyclic) bond motifs is 2. The van der Waals surface area contributed by atoms with E-state index in [9.17, 15) is 0 Å². The molecule has 3 unspecified atom stereocenters. The van der Waals surface area contributed by atoms with Crippen LogP contribution in [0.15, 0.2) is 6.07 Å². The summed E-state index contributed by atoms with van der Waals surface area (Å²) in [4.78, 5) is 0. The monoisotopic (exact) mass is 247 g/mol. The standard InChI is InChI=1S/C15H25N3/c1-11-6-14(18(3)17-11)9-15(10-16-2)8-12-4-5-13(15)7-12/h6,12-13,16H,4-5,7-10H2,1-3H3. The van der Waals surface area contributed by atoms with Gasteiger partial charge < -0.3 is 5.32 Å². The molecular formula is C15H25N3. The van der Waals surface area contributed by atoms with Crippen molar-refractivity contribution in [2.45, 2.75) is 39.0 Å². The molecule has 0 aromatic carbocycles. The fourth-order valence-electron chi connectivity index (χ4n) is 4.60. The molecular weight excluding hydrogens is 222 g/mol. The van der Waals surface area contributed by atoms with Gasteiger partial charge in [-0.05, 0) is 63.0 Å². The Balaban J connectivity index is 1.85. The molecule has 2 saturated carbocycles. The van der Waals surface area contributed by atoms with E-state index in [0.29, 0.717) is 5.41 Å². The first kappa shape index (κ1) is 12.2. The van der Waals surface area contributed by atoms with Gasteiger partial charge in [-0.25, -0.2) is 0 Å². The van der Waals surface area contributed by atoms with Gasteiger partial charge in [0.1, 0.15) is 0 Å². The predicted molar refractivity (Wildman–Crippen MR) is 73.5 cm³/mol. The number of nitrogens with one attached hydrogen (secondary N) is 1. The van der Waals surface area contributed by atoms with E-state index < -0.39 is 0 Å². The first-order chi connectivity index (χ1) is 8.63. The van der Waals surface area contributed by atoms with Crippen LogP contribution in [0.25, 0.3) is 0 Å². The van der Waals surface area contributed by atoms with Crippen molar-refractivity contribution in [2.75, 3.05) is 13.6 Å². The number of rotatable bonds is 4. The molecule has 2 aliphatic carbocycles. The number of nitrogens with zero attached hydrogens (tertiary/aromatic N) is 2. The van der Waals surface area contributed by atoms with Crippen LogP contribution in [0.1, 0.15) is 37.1 Å². The van der Waals surface area contributed by atoms with Crippen LogP contribution >= 0.6 is 0 Å². The van der Waals surface area contributed by atoms with E-state index in [2.05, 4.69) is 42.2 Å². The van der Waals surface area contributed by atoms with Gasteiger partial charge in [-0.15, -0.1) is 0 Å². The zero-order valence-electron chi connectivity index (χ0n) is 11.9. The van der Waals surface area contributed by atoms with Crippen molar-refractivity contribution in [2.24, 2.45) is 24.3 Å². The maximum Gasteiger partial charge on any atom is 0.0596 e. The molecule has 2 bridgehead atoms. The van der Waals surface area contributed by atoms with Crippen LogP contribution in [-0.2, 0) is 13.5 Å². The predicted octanol–water partition coefficient (Wildman–Crippen LogP) is 2.30. The van der Waals surface area contributed by atoms with Crippen molar-refractivity contribution in [1.82, 2.24) is 15.1 Å². The summed E-state index contributed by atoms with van der Waals surface area (Å²) in [5, 5.41) is 7.95. The average molecular weight is 247 g/mol. The van der Waals surface area contributed by atoms with E-state index in [1.54, 1.807) is 0 Å². The van der Waals surface area contributed by atoms with Gasteiger partial charge in [0, 0.05) is 19.3 Å². The summed E-state index contributed by atoms with van der Waals surface area (Å²) in [5.41, 5.74) is 3.06. The van der Waals surface area contributed by atoms with Gasteiger partial charge in [0.2, 0.25) is 0 Å². The zero-order chi connectivity index (χ0) is 12.8. The van der Waals surface area contributed by atoms with Crippen LogP contribution in [0.5, 0.6) is 0 Å². The minimum absolute atomic E-state index is 0.498. The Bertz CT molecular complexity index is 437. The quantitative estimate of drug-likeness (QED) is 0.885. The number of hydrogen-bond acceptors (Lipinski definition) is 2. The highest BCUT2D eigenvalue weighted by molar-refractivity contribution is 5.14. The summed E-state index contributed by atoms with van der Waals surface area (Å²) in [6, 6.07) is 2.27. The van der Waals surface area contributed by atoms with Crippen LogP contribution in [0.2, 0.25) is 0 Å². The lowest BCUT2D eigenvalue weighted by molar-refractivity contribution is 0.157. The van der Waals surface area contributed by atoms with E-state index in [4.69, 9.17) is 0 Å². The summed E-state index contributed by atoms with van der Waals surface area (Å²) in [6.45, 7) is 3.26. The second-order valence-corrected chi connectivity index (χ2v) is 6.55. The summed E-state index contributed by atoms with van der Waals surface area (Å²) in [6.07, 6.45) is 7.01. The molecule has 3 nitrogen and oxygen atoms in total. The molecule has 0 saturated heterocycles. The second kappa shape index (κ2) is 4.37. The Morgan fingerprint density at radius 1 is 1.50 bits per heavy atom. The van der Waals surface area contributed by atoms with Crippen LogP contribution in [-0.4, -0.2) is 23.4 Å². The van der Waals surface area contributed by atoms with Crippen LogP contribution in [0.4, 0.5) is 0 Å². The normalized spacial score (nSPS) is 34.4. The third kappa shape index (κ3) is 1.89. The van der Waals surface area contributed by atoms with E-state index >= 15 is 0 Å². The first-order valence-corrected chi connectivity index (χ1v) is 7.27. The van der Waals surface area contributed by atoms with E-state index in [1.807, 2.05) is 0 Å². The van der Waals surface area contributed by atoms with Gasteiger partial charge in [-0.2, -0.15) is 5.10 Å². The molecule has 1 N–H and O–H groups in total. The third-order valence-corrected chi connectivity index (χ3v) is 5.26. The first-order valence-electron chi connectivity index (χ1n) is 7.27. The van der Waals surface area contributed by atoms with Gasteiger partial charge in [-0.3, -0.25) is 4.68 Å². The van der Waals surface area contributed by atoms with Crippen molar-refractivity contribution in [1.29, 1.82) is 0 Å². The molecule has 2 fully saturated rings. The van der Waals surface area contributed by atoms with E-state index in [-0.39, 0.29) is 0 Å². The Labute approximate surface area is 110 Å². The number of aromatic nitrogens is 2. The fourth-order valence-corrected chi connectivity index (χ4v) is 4.60. The Morgan fingerprint density at radius 2 is 2.33 bits per heavy atom. The lowest BCUT2D eigenvalue weighted by atomic mass is 9.70. The summed E-state index contributed by atoms with van der Waals surface area (Å²) in [7, 11) is 4.19. The molecule has 0 radical (unpaired) electrons. The molecule has 3 heteroatoms. The van der Waals surface area contributed by atoms with Crippen molar-refractivity contribution in [3.05, 3.63) is 17.5 Å². The summed E-state index contributed by atoms with van der Waals surface area (Å²) >= 11 is 0. The highest BCUT2D eigenvalue weighted by Crippen LogP contribution is 2.57. The molecule has 0 aliphatic heterocycles. The number of aryl methyl sites for hydroxylation is 2. The molecule has 18 heavy (non-hydrogen) atoms.